The molecule has 2 fully saturated rings. The highest BCUT2D eigenvalue weighted by atomic mass is 16.5. The standard InChI is InChI=1S/C8H16N2.C5H10O2/c1-2-7(1)10-8-3-5-9-6-4-8;1-5(2,3)7-4-6/h7-10H,1-6H2;4H,1-3H3. The lowest BCUT2D eigenvalue weighted by Crippen LogP contribution is -2.40. The first-order chi connectivity index (χ1) is 8.01. The van der Waals surface area contributed by atoms with Gasteiger partial charge in [-0.05, 0) is 59.5 Å². The van der Waals surface area contributed by atoms with Crippen molar-refractivity contribution < 1.29 is 9.53 Å². The Labute approximate surface area is 104 Å². The largest absolute Gasteiger partial charge is 0.462 e. The highest BCUT2D eigenvalue weighted by Crippen LogP contribution is 2.20. The number of rotatable bonds is 3. The average molecular weight is 242 g/mol. The van der Waals surface area contributed by atoms with Crippen molar-refractivity contribution in [2.24, 2.45) is 0 Å². The molecule has 0 aromatic heterocycles. The van der Waals surface area contributed by atoms with Gasteiger partial charge in [0.2, 0.25) is 0 Å². The molecule has 100 valence electrons. The van der Waals surface area contributed by atoms with E-state index in [9.17, 15) is 4.79 Å². The maximum Gasteiger partial charge on any atom is 0.293 e. The van der Waals surface area contributed by atoms with E-state index in [1.54, 1.807) is 0 Å². The van der Waals surface area contributed by atoms with Gasteiger partial charge in [0.15, 0.2) is 0 Å². The van der Waals surface area contributed by atoms with Crippen LogP contribution in [0.1, 0.15) is 46.5 Å². The minimum Gasteiger partial charge on any atom is -0.462 e. The molecule has 2 N–H and O–H groups in total. The Balaban J connectivity index is 0.000000185. The first-order valence-electron chi connectivity index (χ1n) is 6.59. The molecule has 0 radical (unpaired) electrons. The van der Waals surface area contributed by atoms with E-state index in [0.29, 0.717) is 6.47 Å². The topological polar surface area (TPSA) is 50.4 Å². The molecule has 2 rings (SSSR count). The average Bonchev–Trinajstić information content (AvgIpc) is 3.02. The second-order valence-electron chi connectivity index (χ2n) is 5.79. The summed E-state index contributed by atoms with van der Waals surface area (Å²) in [4.78, 5) is 9.60. The SMILES string of the molecule is C1CC(NC2CC2)CCN1.CC(C)(C)OC=O. The summed E-state index contributed by atoms with van der Waals surface area (Å²) in [5, 5.41) is 7.02. The van der Waals surface area contributed by atoms with Crippen molar-refractivity contribution in [1.29, 1.82) is 0 Å². The summed E-state index contributed by atoms with van der Waals surface area (Å²) in [5.74, 6) is 0. The first kappa shape index (κ1) is 14.5. The van der Waals surface area contributed by atoms with Gasteiger partial charge in [-0.25, -0.2) is 0 Å². The number of hydrogen-bond acceptors (Lipinski definition) is 4. The van der Waals surface area contributed by atoms with E-state index in [1.165, 1.54) is 38.8 Å². The molecule has 0 bridgehead atoms. The summed E-state index contributed by atoms with van der Waals surface area (Å²) >= 11 is 0. The fraction of sp³-hybridized carbons (Fsp3) is 0.923. The van der Waals surface area contributed by atoms with Gasteiger partial charge in [0, 0.05) is 12.1 Å². The van der Waals surface area contributed by atoms with Crippen molar-refractivity contribution in [2.75, 3.05) is 13.1 Å². The van der Waals surface area contributed by atoms with Crippen LogP contribution < -0.4 is 10.6 Å². The lowest BCUT2D eigenvalue weighted by atomic mass is 10.1. The van der Waals surface area contributed by atoms with Crippen LogP contribution in [-0.4, -0.2) is 37.2 Å². The Morgan fingerprint density at radius 2 is 1.65 bits per heavy atom. The van der Waals surface area contributed by atoms with Crippen LogP contribution in [0.3, 0.4) is 0 Å². The molecule has 0 unspecified atom stereocenters. The quantitative estimate of drug-likeness (QED) is 0.736. The Hall–Kier alpha value is -0.610. The lowest BCUT2D eigenvalue weighted by Gasteiger charge is -2.23. The summed E-state index contributed by atoms with van der Waals surface area (Å²) in [6.45, 7) is 8.35. The van der Waals surface area contributed by atoms with E-state index in [2.05, 4.69) is 15.4 Å². The molecule has 0 amide bonds. The fourth-order valence-electron chi connectivity index (χ4n) is 1.72. The first-order valence-corrected chi connectivity index (χ1v) is 6.59. The van der Waals surface area contributed by atoms with Gasteiger partial charge < -0.3 is 15.4 Å². The highest BCUT2D eigenvalue weighted by molar-refractivity contribution is 5.37. The molecular formula is C13H26N2O2. The van der Waals surface area contributed by atoms with Crippen LogP contribution in [0.15, 0.2) is 0 Å². The van der Waals surface area contributed by atoms with Crippen LogP contribution in [0.4, 0.5) is 0 Å². The number of carbonyl (C=O) groups is 1. The minimum absolute atomic E-state index is 0.318. The van der Waals surface area contributed by atoms with E-state index in [-0.39, 0.29) is 5.60 Å². The lowest BCUT2D eigenvalue weighted by molar-refractivity contribution is -0.138. The number of nitrogens with one attached hydrogen (secondary N) is 2. The molecule has 1 saturated carbocycles. The minimum atomic E-state index is -0.318. The molecule has 0 spiro atoms. The van der Waals surface area contributed by atoms with Gasteiger partial charge in [-0.1, -0.05) is 0 Å². The Morgan fingerprint density at radius 3 is 2.00 bits per heavy atom. The van der Waals surface area contributed by atoms with Gasteiger partial charge in [0.1, 0.15) is 5.60 Å². The van der Waals surface area contributed by atoms with E-state index >= 15 is 0 Å². The van der Waals surface area contributed by atoms with Crippen molar-refractivity contribution in [3.05, 3.63) is 0 Å². The molecule has 2 aliphatic rings. The van der Waals surface area contributed by atoms with E-state index in [1.807, 2.05) is 20.8 Å². The smallest absolute Gasteiger partial charge is 0.293 e. The molecule has 1 aliphatic heterocycles. The summed E-state index contributed by atoms with van der Waals surface area (Å²) in [6.07, 6.45) is 5.50. The second kappa shape index (κ2) is 6.97. The molecule has 17 heavy (non-hydrogen) atoms. The van der Waals surface area contributed by atoms with Crippen LogP contribution in [0.2, 0.25) is 0 Å². The zero-order valence-corrected chi connectivity index (χ0v) is 11.3. The predicted molar refractivity (Wildman–Crippen MR) is 69.0 cm³/mol. The maximum absolute atomic E-state index is 9.60. The summed E-state index contributed by atoms with van der Waals surface area (Å²) in [7, 11) is 0. The highest BCUT2D eigenvalue weighted by Gasteiger charge is 2.24. The maximum atomic E-state index is 9.60. The van der Waals surface area contributed by atoms with Gasteiger partial charge in [-0.2, -0.15) is 0 Å². The second-order valence-corrected chi connectivity index (χ2v) is 5.79. The molecule has 1 saturated heterocycles. The molecular weight excluding hydrogens is 216 g/mol. The molecule has 0 aromatic rings. The Bertz CT molecular complexity index is 216. The van der Waals surface area contributed by atoms with E-state index in [4.69, 9.17) is 0 Å². The Kier molecular flexibility index (Phi) is 5.92. The molecule has 0 atom stereocenters. The van der Waals surface area contributed by atoms with Gasteiger partial charge in [0.05, 0.1) is 0 Å². The van der Waals surface area contributed by atoms with Crippen LogP contribution in [0, 0.1) is 0 Å². The summed E-state index contributed by atoms with van der Waals surface area (Å²) in [5.41, 5.74) is -0.318. The van der Waals surface area contributed by atoms with Crippen molar-refractivity contribution in [1.82, 2.24) is 10.6 Å². The summed E-state index contributed by atoms with van der Waals surface area (Å²) < 4.78 is 4.55. The zero-order chi connectivity index (χ0) is 12.7. The fourth-order valence-corrected chi connectivity index (χ4v) is 1.72. The third-order valence-electron chi connectivity index (χ3n) is 2.79. The normalized spacial score (nSPS) is 21.4. The number of hydrogen-bond donors (Lipinski definition) is 2. The number of carbonyl (C=O) groups excluding carboxylic acids is 1. The Morgan fingerprint density at radius 1 is 1.12 bits per heavy atom. The van der Waals surface area contributed by atoms with Crippen LogP contribution in [-0.2, 0) is 9.53 Å². The van der Waals surface area contributed by atoms with E-state index < -0.39 is 0 Å². The van der Waals surface area contributed by atoms with Gasteiger partial charge in [0.25, 0.3) is 6.47 Å². The van der Waals surface area contributed by atoms with E-state index in [0.717, 1.165) is 12.1 Å². The van der Waals surface area contributed by atoms with Crippen molar-refractivity contribution >= 4 is 6.47 Å². The predicted octanol–water partition coefficient (Wildman–Crippen LogP) is 1.45. The van der Waals surface area contributed by atoms with Gasteiger partial charge >= 0.3 is 0 Å². The molecule has 1 heterocycles. The molecule has 4 heteroatoms. The monoisotopic (exact) mass is 242 g/mol. The van der Waals surface area contributed by atoms with Crippen molar-refractivity contribution in [2.45, 2.75) is 64.1 Å². The molecule has 1 aliphatic carbocycles. The van der Waals surface area contributed by atoms with Crippen molar-refractivity contribution in [3.8, 4) is 0 Å². The summed E-state index contributed by atoms with van der Waals surface area (Å²) in [6, 6.07) is 1.72. The van der Waals surface area contributed by atoms with Crippen LogP contribution in [0.25, 0.3) is 0 Å². The zero-order valence-electron chi connectivity index (χ0n) is 11.3. The van der Waals surface area contributed by atoms with Gasteiger partial charge in [-0.3, -0.25) is 4.79 Å². The number of ether oxygens (including phenoxy) is 1. The third kappa shape index (κ3) is 8.16. The third-order valence-corrected chi connectivity index (χ3v) is 2.79. The van der Waals surface area contributed by atoms with Crippen molar-refractivity contribution in [3.63, 3.8) is 0 Å². The molecule has 4 nitrogen and oxygen atoms in total. The van der Waals surface area contributed by atoms with Crippen LogP contribution in [0.5, 0.6) is 0 Å². The molecule has 0 aromatic carbocycles. The number of piperidine rings is 1. The van der Waals surface area contributed by atoms with Gasteiger partial charge in [-0.15, -0.1) is 0 Å². The van der Waals surface area contributed by atoms with Crippen LogP contribution >= 0.6 is 0 Å².